The van der Waals surface area contributed by atoms with E-state index in [1.165, 1.54) is 0 Å². The Bertz CT molecular complexity index is 1320. The molecule has 216 valence electrons. The lowest BCUT2D eigenvalue weighted by atomic mass is 9.78. The van der Waals surface area contributed by atoms with Crippen molar-refractivity contribution in [1.29, 1.82) is 0 Å². The summed E-state index contributed by atoms with van der Waals surface area (Å²) in [5, 5.41) is 62.1. The van der Waals surface area contributed by atoms with Gasteiger partial charge in [-0.25, -0.2) is 9.59 Å². The van der Waals surface area contributed by atoms with Gasteiger partial charge in [0, 0.05) is 35.8 Å². The van der Waals surface area contributed by atoms with E-state index < -0.39 is 76.3 Å². The SMILES string of the molecule is Cc1c(O)c(C(=O)O)c(O)c2c1[C@H](C)[C@@H](C)O[C@@H]2CC(=O)C[C@H]1O[C@H](C)[C@@H](C)c2c(C)c(O)c(C(=O)O)c(O)c21. The van der Waals surface area contributed by atoms with Gasteiger partial charge in [0.05, 0.1) is 24.4 Å². The number of Topliss-reactive ketones (excluding diaryl/α,β-unsaturated/α-hetero) is 1. The summed E-state index contributed by atoms with van der Waals surface area (Å²) in [6.45, 7) is 10.3. The van der Waals surface area contributed by atoms with Crippen LogP contribution in [-0.4, -0.2) is 60.6 Å². The molecule has 11 nitrogen and oxygen atoms in total. The lowest BCUT2D eigenvalue weighted by Gasteiger charge is -2.38. The molecule has 2 aliphatic rings. The minimum atomic E-state index is -1.53. The number of carbonyl (C=O) groups is 3. The number of benzene rings is 2. The zero-order valence-corrected chi connectivity index (χ0v) is 23.1. The average molecular weight is 559 g/mol. The molecule has 0 spiro atoms. The number of carbonyl (C=O) groups excluding carboxylic acids is 1. The number of hydrogen-bond acceptors (Lipinski definition) is 9. The molecule has 0 radical (unpaired) electrons. The van der Waals surface area contributed by atoms with Crippen LogP contribution in [0, 0.1) is 13.8 Å². The third kappa shape index (κ3) is 4.43. The summed E-state index contributed by atoms with van der Waals surface area (Å²) in [7, 11) is 0. The van der Waals surface area contributed by atoms with Crippen molar-refractivity contribution in [3.05, 3.63) is 44.5 Å². The number of fused-ring (bicyclic) bond motifs is 2. The van der Waals surface area contributed by atoms with Crippen LogP contribution in [0.3, 0.4) is 0 Å². The second-order valence-corrected chi connectivity index (χ2v) is 10.8. The van der Waals surface area contributed by atoms with E-state index >= 15 is 0 Å². The van der Waals surface area contributed by atoms with Gasteiger partial charge in [0.2, 0.25) is 0 Å². The first-order valence-electron chi connectivity index (χ1n) is 13.1. The standard InChI is InChI=1S/C29H34O11/c1-9-13(5)39-16(20-18(9)11(3)24(31)22(26(20)33)28(35)36)7-15(30)8-17-21-19(10(2)14(6)40-17)12(4)25(32)23(27(21)34)29(37)38/h9-10,13-14,16-17,31-34H,7-8H2,1-6H3,(H,35,36)(H,37,38)/t9-,10-,13-,14-,16-,17-/m1/s1. The van der Waals surface area contributed by atoms with Crippen molar-refractivity contribution < 1.29 is 54.5 Å². The molecule has 40 heavy (non-hydrogen) atoms. The second kappa shape index (κ2) is 10.3. The van der Waals surface area contributed by atoms with E-state index in [2.05, 4.69) is 0 Å². The highest BCUT2D eigenvalue weighted by Crippen LogP contribution is 2.52. The van der Waals surface area contributed by atoms with Crippen molar-refractivity contribution in [1.82, 2.24) is 0 Å². The predicted octanol–water partition coefficient (Wildman–Crippen LogP) is 4.70. The van der Waals surface area contributed by atoms with Gasteiger partial charge in [0.1, 0.15) is 39.9 Å². The molecule has 0 saturated carbocycles. The molecule has 6 N–H and O–H groups in total. The summed E-state index contributed by atoms with van der Waals surface area (Å²) in [5.74, 6) is -6.55. The Kier molecular flexibility index (Phi) is 7.50. The van der Waals surface area contributed by atoms with Crippen molar-refractivity contribution in [3.8, 4) is 23.0 Å². The highest BCUT2D eigenvalue weighted by molar-refractivity contribution is 5.96. The molecule has 0 aliphatic carbocycles. The predicted molar refractivity (Wildman–Crippen MR) is 141 cm³/mol. The van der Waals surface area contributed by atoms with Crippen LogP contribution in [0.4, 0.5) is 0 Å². The van der Waals surface area contributed by atoms with E-state index in [-0.39, 0.29) is 46.9 Å². The lowest BCUT2D eigenvalue weighted by molar-refractivity contribution is -0.129. The van der Waals surface area contributed by atoms with Crippen molar-refractivity contribution >= 4 is 17.7 Å². The van der Waals surface area contributed by atoms with Crippen LogP contribution >= 0.6 is 0 Å². The quantitative estimate of drug-likeness (QED) is 0.288. The number of aromatic carboxylic acids is 2. The Morgan fingerprint density at radius 1 is 0.600 bits per heavy atom. The third-order valence-corrected chi connectivity index (χ3v) is 8.53. The number of ketones is 1. The second-order valence-electron chi connectivity index (χ2n) is 10.8. The summed E-state index contributed by atoms with van der Waals surface area (Å²) in [6.07, 6.45) is -3.50. The van der Waals surface area contributed by atoms with Gasteiger partial charge in [-0.15, -0.1) is 0 Å². The van der Waals surface area contributed by atoms with Crippen LogP contribution in [0.25, 0.3) is 0 Å². The molecule has 0 amide bonds. The highest BCUT2D eigenvalue weighted by Gasteiger charge is 2.42. The number of carboxylic acids is 2. The van der Waals surface area contributed by atoms with Crippen LogP contribution in [0.2, 0.25) is 0 Å². The first-order valence-corrected chi connectivity index (χ1v) is 13.1. The molecule has 0 saturated heterocycles. The molecule has 0 unspecified atom stereocenters. The maximum absolute atomic E-state index is 13.5. The first kappa shape index (κ1) is 29.2. The minimum Gasteiger partial charge on any atom is -0.507 e. The molecule has 2 heterocycles. The number of hydrogen-bond donors (Lipinski definition) is 6. The molecule has 6 atom stereocenters. The van der Waals surface area contributed by atoms with E-state index in [1.807, 2.05) is 13.8 Å². The fourth-order valence-electron chi connectivity index (χ4n) is 6.17. The van der Waals surface area contributed by atoms with Gasteiger partial charge in [0.15, 0.2) is 0 Å². The molecule has 0 fully saturated rings. The Labute approximate surface area is 230 Å². The fraction of sp³-hybridized carbons (Fsp3) is 0.483. The number of aromatic hydroxyl groups is 4. The van der Waals surface area contributed by atoms with Gasteiger partial charge in [-0.2, -0.15) is 0 Å². The maximum atomic E-state index is 13.5. The van der Waals surface area contributed by atoms with Gasteiger partial charge in [0.25, 0.3) is 0 Å². The van der Waals surface area contributed by atoms with Crippen molar-refractivity contribution in [3.63, 3.8) is 0 Å². The largest absolute Gasteiger partial charge is 0.507 e. The summed E-state index contributed by atoms with van der Waals surface area (Å²) >= 11 is 0. The fourth-order valence-corrected chi connectivity index (χ4v) is 6.17. The van der Waals surface area contributed by atoms with Gasteiger partial charge in [-0.05, 0) is 49.9 Å². The third-order valence-electron chi connectivity index (χ3n) is 8.53. The molecule has 2 aromatic carbocycles. The minimum absolute atomic E-state index is 0.121. The van der Waals surface area contributed by atoms with E-state index in [0.29, 0.717) is 11.1 Å². The summed E-state index contributed by atoms with van der Waals surface area (Å²) in [6, 6.07) is 0. The van der Waals surface area contributed by atoms with Crippen LogP contribution < -0.4 is 0 Å². The molecule has 0 bridgehead atoms. The van der Waals surface area contributed by atoms with Crippen LogP contribution in [0.1, 0.15) is 119 Å². The summed E-state index contributed by atoms with van der Waals surface area (Å²) < 4.78 is 12.1. The van der Waals surface area contributed by atoms with E-state index in [4.69, 9.17) is 9.47 Å². The molecule has 0 aromatic heterocycles. The summed E-state index contributed by atoms with van der Waals surface area (Å²) in [4.78, 5) is 37.1. The van der Waals surface area contributed by atoms with Crippen molar-refractivity contribution in [2.75, 3.05) is 0 Å². The summed E-state index contributed by atoms with van der Waals surface area (Å²) in [5.41, 5.74) is 0.464. The van der Waals surface area contributed by atoms with Gasteiger partial charge in [-0.1, -0.05) is 13.8 Å². The molecule has 2 aliphatic heterocycles. The highest BCUT2D eigenvalue weighted by atomic mass is 16.5. The normalized spacial score (nSPS) is 25.6. The molecule has 11 heteroatoms. The van der Waals surface area contributed by atoms with Crippen LogP contribution in [0.15, 0.2) is 0 Å². The first-order chi connectivity index (χ1) is 18.6. The zero-order chi connectivity index (χ0) is 30.0. The molecular formula is C29H34O11. The van der Waals surface area contributed by atoms with Crippen molar-refractivity contribution in [2.24, 2.45) is 0 Å². The topological polar surface area (TPSA) is 191 Å². The Hall–Kier alpha value is -3.83. The van der Waals surface area contributed by atoms with E-state index in [9.17, 15) is 45.0 Å². The Morgan fingerprint density at radius 3 is 1.23 bits per heavy atom. The van der Waals surface area contributed by atoms with E-state index in [1.54, 1.807) is 27.7 Å². The van der Waals surface area contributed by atoms with Crippen molar-refractivity contribution in [2.45, 2.75) is 90.6 Å². The monoisotopic (exact) mass is 558 g/mol. The smallest absolute Gasteiger partial charge is 0.343 e. The number of rotatable bonds is 6. The van der Waals surface area contributed by atoms with Gasteiger partial charge < -0.3 is 40.1 Å². The average Bonchev–Trinajstić information content (AvgIpc) is 2.84. The van der Waals surface area contributed by atoms with Crippen LogP contribution in [0.5, 0.6) is 23.0 Å². The molecule has 2 aromatic rings. The molecule has 4 rings (SSSR count). The number of phenols is 4. The Morgan fingerprint density at radius 2 is 0.925 bits per heavy atom. The number of ether oxygens (including phenoxy) is 2. The van der Waals surface area contributed by atoms with Crippen LogP contribution in [-0.2, 0) is 14.3 Å². The van der Waals surface area contributed by atoms with E-state index in [0.717, 1.165) is 0 Å². The maximum Gasteiger partial charge on any atom is 0.343 e. The Balaban J connectivity index is 1.75. The number of carboxylic acid groups (broad SMARTS) is 2. The van der Waals surface area contributed by atoms with Gasteiger partial charge >= 0.3 is 11.9 Å². The van der Waals surface area contributed by atoms with Gasteiger partial charge in [-0.3, -0.25) is 4.79 Å². The zero-order valence-electron chi connectivity index (χ0n) is 23.1. The lowest BCUT2D eigenvalue weighted by Crippen LogP contribution is -2.32. The molecular weight excluding hydrogens is 524 g/mol.